The molecule has 0 spiro atoms. The number of rotatable bonds is 0. The fourth-order valence-corrected chi connectivity index (χ4v) is 1.40. The summed E-state index contributed by atoms with van der Waals surface area (Å²) in [6.07, 6.45) is 1.69. The second kappa shape index (κ2) is 2.71. The Morgan fingerprint density at radius 3 is 3.08 bits per heavy atom. The van der Waals surface area contributed by atoms with Gasteiger partial charge in [-0.05, 0) is 28.1 Å². The van der Waals surface area contributed by atoms with Crippen LogP contribution >= 0.6 is 15.9 Å². The van der Waals surface area contributed by atoms with E-state index in [0.29, 0.717) is 10.3 Å². The molecule has 0 aliphatic rings. The molecule has 2 aromatic heterocycles. The van der Waals surface area contributed by atoms with E-state index < -0.39 is 0 Å². The zero-order valence-corrected chi connectivity index (χ0v) is 7.65. The highest BCUT2D eigenvalue weighted by molar-refractivity contribution is 9.10. The minimum atomic E-state index is -0.0764. The molecule has 0 atom stereocenters. The van der Waals surface area contributed by atoms with Gasteiger partial charge >= 0.3 is 0 Å². The number of nitrogens with zero attached hydrogens (tertiary/aromatic N) is 2. The Morgan fingerprint density at radius 1 is 1.42 bits per heavy atom. The lowest BCUT2D eigenvalue weighted by Gasteiger charge is -1.97. The number of fused-ring (bicyclic) bond motifs is 1. The van der Waals surface area contributed by atoms with Gasteiger partial charge in [0.25, 0.3) is 5.56 Å². The Labute approximate surface area is 76.8 Å². The summed E-state index contributed by atoms with van der Waals surface area (Å²) in [5.41, 5.74) is 0.573. The number of halogens is 1. The Bertz CT molecular complexity index is 478. The maximum atomic E-state index is 11.3. The van der Waals surface area contributed by atoms with Crippen LogP contribution in [0.3, 0.4) is 0 Å². The molecular formula is C8H5BrN2O. The molecule has 2 aromatic rings. The van der Waals surface area contributed by atoms with Gasteiger partial charge in [-0.25, -0.2) is 4.98 Å². The van der Waals surface area contributed by atoms with Crippen molar-refractivity contribution in [3.05, 3.63) is 45.4 Å². The third-order valence-corrected chi connectivity index (χ3v) is 1.95. The van der Waals surface area contributed by atoms with E-state index in [0.717, 1.165) is 0 Å². The predicted octanol–water partition coefficient (Wildman–Crippen LogP) is 1.46. The second-order valence-electron chi connectivity index (χ2n) is 2.35. The van der Waals surface area contributed by atoms with Crippen molar-refractivity contribution in [3.63, 3.8) is 0 Å². The van der Waals surface area contributed by atoms with Crippen molar-refractivity contribution in [3.8, 4) is 0 Å². The summed E-state index contributed by atoms with van der Waals surface area (Å²) in [5, 5.41) is 0. The molecule has 0 unspecified atom stereocenters. The summed E-state index contributed by atoms with van der Waals surface area (Å²) in [7, 11) is 0. The van der Waals surface area contributed by atoms with Crippen LogP contribution in [-0.4, -0.2) is 9.38 Å². The highest BCUT2D eigenvalue weighted by atomic mass is 79.9. The topological polar surface area (TPSA) is 34.4 Å². The van der Waals surface area contributed by atoms with E-state index in [1.165, 1.54) is 10.5 Å². The highest BCUT2D eigenvalue weighted by Gasteiger charge is 1.96. The van der Waals surface area contributed by atoms with Crippen LogP contribution in [-0.2, 0) is 0 Å². The summed E-state index contributed by atoms with van der Waals surface area (Å²) in [6.45, 7) is 0. The van der Waals surface area contributed by atoms with Gasteiger partial charge in [-0.3, -0.25) is 9.20 Å². The molecule has 0 bridgehead atoms. The van der Waals surface area contributed by atoms with Crippen LogP contribution in [0.25, 0.3) is 5.65 Å². The highest BCUT2D eigenvalue weighted by Crippen LogP contribution is 2.03. The van der Waals surface area contributed by atoms with Crippen LogP contribution in [0.1, 0.15) is 0 Å². The summed E-state index contributed by atoms with van der Waals surface area (Å²) in [5.74, 6) is 0. The Hall–Kier alpha value is -1.16. The van der Waals surface area contributed by atoms with Crippen molar-refractivity contribution in [2.45, 2.75) is 0 Å². The Balaban J connectivity index is 2.99. The first-order valence-electron chi connectivity index (χ1n) is 3.41. The predicted molar refractivity (Wildman–Crippen MR) is 49.2 cm³/mol. The third kappa shape index (κ3) is 1.14. The molecule has 3 nitrogen and oxygen atoms in total. The molecular weight excluding hydrogens is 220 g/mol. The van der Waals surface area contributed by atoms with Gasteiger partial charge in [-0.2, -0.15) is 0 Å². The van der Waals surface area contributed by atoms with E-state index in [9.17, 15) is 4.79 Å². The largest absolute Gasteiger partial charge is 0.269 e. The molecule has 0 saturated heterocycles. The molecule has 60 valence electrons. The normalized spacial score (nSPS) is 10.4. The molecule has 0 aliphatic heterocycles. The van der Waals surface area contributed by atoms with Gasteiger partial charge in [-0.15, -0.1) is 0 Å². The average Bonchev–Trinajstić information content (AvgIpc) is 2.04. The van der Waals surface area contributed by atoms with Crippen molar-refractivity contribution < 1.29 is 0 Å². The van der Waals surface area contributed by atoms with Gasteiger partial charge in [0.2, 0.25) is 0 Å². The Kier molecular flexibility index (Phi) is 1.69. The molecule has 2 rings (SSSR count). The van der Waals surface area contributed by atoms with Crippen molar-refractivity contribution in [1.82, 2.24) is 9.38 Å². The molecule has 0 aromatic carbocycles. The minimum absolute atomic E-state index is 0.0764. The van der Waals surface area contributed by atoms with Gasteiger partial charge in [0, 0.05) is 12.3 Å². The van der Waals surface area contributed by atoms with Gasteiger partial charge in [0.15, 0.2) is 0 Å². The number of aromatic nitrogens is 2. The first-order chi connectivity index (χ1) is 5.77. The fourth-order valence-electron chi connectivity index (χ4n) is 1.02. The maximum Gasteiger partial charge on any atom is 0.258 e. The van der Waals surface area contributed by atoms with Crippen LogP contribution in [0.15, 0.2) is 39.9 Å². The Morgan fingerprint density at radius 2 is 2.25 bits per heavy atom. The SMILES string of the molecule is O=c1cc(Br)nc2ccccn12. The van der Waals surface area contributed by atoms with Crippen LogP contribution in [0.4, 0.5) is 0 Å². The first kappa shape index (κ1) is 7.49. The van der Waals surface area contributed by atoms with E-state index in [1.807, 2.05) is 6.07 Å². The van der Waals surface area contributed by atoms with E-state index in [-0.39, 0.29) is 5.56 Å². The van der Waals surface area contributed by atoms with E-state index in [1.54, 1.807) is 18.3 Å². The quantitative estimate of drug-likeness (QED) is 0.636. The first-order valence-corrected chi connectivity index (χ1v) is 4.20. The minimum Gasteiger partial charge on any atom is -0.269 e. The van der Waals surface area contributed by atoms with E-state index >= 15 is 0 Å². The van der Waals surface area contributed by atoms with Crippen molar-refractivity contribution in [2.75, 3.05) is 0 Å². The van der Waals surface area contributed by atoms with Gasteiger partial charge in [0.05, 0.1) is 0 Å². The van der Waals surface area contributed by atoms with Gasteiger partial charge in [-0.1, -0.05) is 6.07 Å². The molecule has 12 heavy (non-hydrogen) atoms. The lowest BCUT2D eigenvalue weighted by atomic mass is 10.4. The third-order valence-electron chi connectivity index (χ3n) is 1.54. The van der Waals surface area contributed by atoms with Crippen molar-refractivity contribution >= 4 is 21.6 Å². The zero-order valence-electron chi connectivity index (χ0n) is 6.07. The van der Waals surface area contributed by atoms with Crippen LogP contribution < -0.4 is 5.56 Å². The smallest absolute Gasteiger partial charge is 0.258 e. The second-order valence-corrected chi connectivity index (χ2v) is 3.16. The van der Waals surface area contributed by atoms with Crippen LogP contribution in [0.2, 0.25) is 0 Å². The van der Waals surface area contributed by atoms with E-state index in [4.69, 9.17) is 0 Å². The summed E-state index contributed by atoms with van der Waals surface area (Å²) >= 11 is 3.16. The van der Waals surface area contributed by atoms with Gasteiger partial charge in [0.1, 0.15) is 10.3 Å². The van der Waals surface area contributed by atoms with E-state index in [2.05, 4.69) is 20.9 Å². The summed E-state index contributed by atoms with van der Waals surface area (Å²) in [4.78, 5) is 15.4. The summed E-state index contributed by atoms with van der Waals surface area (Å²) in [6, 6.07) is 6.86. The standard InChI is InChI=1S/C8H5BrN2O/c9-6-5-8(12)11-4-2-1-3-7(11)10-6/h1-5H. The molecule has 0 radical (unpaired) electrons. The fraction of sp³-hybridized carbons (Fsp3) is 0. The number of hydrogen-bond donors (Lipinski definition) is 0. The number of pyridine rings is 1. The lowest BCUT2D eigenvalue weighted by Crippen LogP contribution is -2.12. The monoisotopic (exact) mass is 224 g/mol. The molecule has 0 amide bonds. The van der Waals surface area contributed by atoms with Gasteiger partial charge < -0.3 is 0 Å². The van der Waals surface area contributed by atoms with Crippen molar-refractivity contribution in [1.29, 1.82) is 0 Å². The maximum absolute atomic E-state index is 11.3. The summed E-state index contributed by atoms with van der Waals surface area (Å²) < 4.78 is 2.06. The molecule has 4 heteroatoms. The molecule has 0 N–H and O–H groups in total. The molecule has 0 fully saturated rings. The lowest BCUT2D eigenvalue weighted by molar-refractivity contribution is 1.03. The molecule has 2 heterocycles. The van der Waals surface area contributed by atoms with Crippen LogP contribution in [0, 0.1) is 0 Å². The zero-order chi connectivity index (χ0) is 8.55. The molecule has 0 aliphatic carbocycles. The van der Waals surface area contributed by atoms with Crippen molar-refractivity contribution in [2.24, 2.45) is 0 Å². The number of hydrogen-bond acceptors (Lipinski definition) is 2. The average molecular weight is 225 g/mol. The molecule has 0 saturated carbocycles. The van der Waals surface area contributed by atoms with Crippen LogP contribution in [0.5, 0.6) is 0 Å².